The van der Waals surface area contributed by atoms with Crippen LogP contribution in [0.1, 0.15) is 17.7 Å². The molecule has 4 heteroatoms. The molecule has 1 unspecified atom stereocenters. The van der Waals surface area contributed by atoms with Crippen LogP contribution in [0.4, 0.5) is 0 Å². The molecule has 0 fully saturated rings. The average molecular weight is 182 g/mol. The van der Waals surface area contributed by atoms with Crippen LogP contribution in [0.2, 0.25) is 0 Å². The summed E-state index contributed by atoms with van der Waals surface area (Å²) in [7, 11) is 1.41. The largest absolute Gasteiger partial charge is 0.479 e. The smallest absolute Gasteiger partial charge is 0.340 e. The molecule has 70 valence electrons. The Labute approximate surface area is 75.1 Å². The lowest BCUT2D eigenvalue weighted by Gasteiger charge is -2.21. The molecular weight excluding hydrogens is 172 g/mol. The normalized spacial score (nSPS) is 25.9. The molecule has 1 atom stereocenters. The molecule has 4 nitrogen and oxygen atoms in total. The number of hydrogen-bond donors (Lipinski definition) is 1. The molecule has 2 rings (SSSR count). The summed E-state index contributed by atoms with van der Waals surface area (Å²) in [5, 5.41) is 9.06. The van der Waals surface area contributed by atoms with E-state index in [0.29, 0.717) is 18.4 Å². The third kappa shape index (κ3) is 0.920. The van der Waals surface area contributed by atoms with Crippen LogP contribution < -0.4 is 0 Å². The highest BCUT2D eigenvalue weighted by atomic mass is 16.5. The molecule has 0 bridgehead atoms. The average Bonchev–Trinajstić information content (AvgIpc) is 2.62. The fourth-order valence-electron chi connectivity index (χ4n) is 1.84. The van der Waals surface area contributed by atoms with Gasteiger partial charge in [-0.3, -0.25) is 0 Å². The minimum Gasteiger partial charge on any atom is -0.479 e. The van der Waals surface area contributed by atoms with Gasteiger partial charge in [-0.2, -0.15) is 0 Å². The van der Waals surface area contributed by atoms with Gasteiger partial charge >= 0.3 is 5.97 Å². The first-order chi connectivity index (χ1) is 6.20. The zero-order valence-electron chi connectivity index (χ0n) is 7.24. The van der Waals surface area contributed by atoms with Crippen molar-refractivity contribution in [2.24, 2.45) is 0 Å². The maximum Gasteiger partial charge on any atom is 0.340 e. The van der Waals surface area contributed by atoms with Crippen molar-refractivity contribution in [2.45, 2.75) is 18.4 Å². The van der Waals surface area contributed by atoms with Crippen molar-refractivity contribution in [3.05, 3.63) is 23.7 Å². The van der Waals surface area contributed by atoms with E-state index >= 15 is 0 Å². The number of aliphatic carboxylic acids is 1. The van der Waals surface area contributed by atoms with Gasteiger partial charge in [0, 0.05) is 19.1 Å². The van der Waals surface area contributed by atoms with Gasteiger partial charge in [0.15, 0.2) is 5.60 Å². The molecule has 0 amide bonds. The van der Waals surface area contributed by atoms with Gasteiger partial charge in [-0.15, -0.1) is 0 Å². The first-order valence-corrected chi connectivity index (χ1v) is 4.06. The van der Waals surface area contributed by atoms with Crippen molar-refractivity contribution in [2.75, 3.05) is 7.11 Å². The maximum atomic E-state index is 11.0. The fraction of sp³-hybridized carbons (Fsp3) is 0.444. The Hall–Kier alpha value is -1.29. The van der Waals surface area contributed by atoms with Gasteiger partial charge in [-0.25, -0.2) is 4.79 Å². The number of carboxylic acid groups (broad SMARTS) is 1. The maximum absolute atomic E-state index is 11.0. The summed E-state index contributed by atoms with van der Waals surface area (Å²) in [5.74, 6) is -0.223. The number of furan rings is 1. The molecule has 0 spiro atoms. The Bertz CT molecular complexity index is 341. The van der Waals surface area contributed by atoms with E-state index in [1.54, 1.807) is 6.07 Å². The molecule has 1 N–H and O–H groups in total. The topological polar surface area (TPSA) is 59.7 Å². The van der Waals surface area contributed by atoms with Crippen molar-refractivity contribution in [3.63, 3.8) is 0 Å². The zero-order chi connectivity index (χ0) is 9.47. The summed E-state index contributed by atoms with van der Waals surface area (Å²) in [6.45, 7) is 0. The second-order valence-corrected chi connectivity index (χ2v) is 3.09. The quantitative estimate of drug-likeness (QED) is 0.745. The molecule has 0 saturated heterocycles. The number of carboxylic acids is 1. The summed E-state index contributed by atoms with van der Waals surface area (Å²) in [6, 6.07) is 1.67. The predicted octanol–water partition coefficient (Wildman–Crippen LogP) is 1.15. The van der Waals surface area contributed by atoms with Crippen LogP contribution >= 0.6 is 0 Å². The minimum atomic E-state index is -1.18. The van der Waals surface area contributed by atoms with Crippen LogP contribution in [-0.4, -0.2) is 18.2 Å². The molecule has 0 aliphatic heterocycles. The van der Waals surface area contributed by atoms with Crippen molar-refractivity contribution in [1.82, 2.24) is 0 Å². The summed E-state index contributed by atoms with van der Waals surface area (Å²) in [6.07, 6.45) is 2.58. The monoisotopic (exact) mass is 182 g/mol. The van der Waals surface area contributed by atoms with Gasteiger partial charge in [0.25, 0.3) is 0 Å². The van der Waals surface area contributed by atoms with Crippen LogP contribution in [0.15, 0.2) is 16.7 Å². The lowest BCUT2D eigenvalue weighted by molar-refractivity contribution is -0.163. The first-order valence-electron chi connectivity index (χ1n) is 4.06. The molecule has 0 saturated carbocycles. The Balaban J connectivity index is 2.51. The van der Waals surface area contributed by atoms with Gasteiger partial charge in [0.05, 0.1) is 6.26 Å². The van der Waals surface area contributed by atoms with E-state index in [1.165, 1.54) is 13.4 Å². The summed E-state index contributed by atoms with van der Waals surface area (Å²) in [4.78, 5) is 11.0. The summed E-state index contributed by atoms with van der Waals surface area (Å²) < 4.78 is 10.2. The van der Waals surface area contributed by atoms with E-state index in [0.717, 1.165) is 5.76 Å². The van der Waals surface area contributed by atoms with E-state index in [4.69, 9.17) is 14.3 Å². The first kappa shape index (κ1) is 8.31. The van der Waals surface area contributed by atoms with Crippen LogP contribution in [0.25, 0.3) is 0 Å². The van der Waals surface area contributed by atoms with E-state index in [-0.39, 0.29) is 0 Å². The van der Waals surface area contributed by atoms with E-state index < -0.39 is 11.6 Å². The molecule has 0 radical (unpaired) electrons. The van der Waals surface area contributed by atoms with Crippen LogP contribution in [-0.2, 0) is 21.6 Å². The lowest BCUT2D eigenvalue weighted by Crippen LogP contribution is -2.35. The van der Waals surface area contributed by atoms with Crippen LogP contribution in [0.3, 0.4) is 0 Å². The second-order valence-electron chi connectivity index (χ2n) is 3.09. The SMILES string of the molecule is COC1(C(=O)O)CCc2occc21. The lowest BCUT2D eigenvalue weighted by atomic mass is 9.98. The molecule has 1 heterocycles. The molecule has 1 aliphatic rings. The molecule has 13 heavy (non-hydrogen) atoms. The van der Waals surface area contributed by atoms with Crippen molar-refractivity contribution in [3.8, 4) is 0 Å². The number of carbonyl (C=O) groups is 1. The van der Waals surface area contributed by atoms with Crippen LogP contribution in [0, 0.1) is 0 Å². The van der Waals surface area contributed by atoms with Gasteiger partial charge in [0.2, 0.25) is 0 Å². The van der Waals surface area contributed by atoms with E-state index in [1.807, 2.05) is 0 Å². The summed E-state index contributed by atoms with van der Waals surface area (Å²) >= 11 is 0. The van der Waals surface area contributed by atoms with Gasteiger partial charge in [-0.05, 0) is 12.5 Å². The molecule has 1 aromatic rings. The number of hydrogen-bond acceptors (Lipinski definition) is 3. The highest BCUT2D eigenvalue weighted by Crippen LogP contribution is 2.40. The highest BCUT2D eigenvalue weighted by Gasteiger charge is 2.47. The van der Waals surface area contributed by atoms with Crippen molar-refractivity contribution in [1.29, 1.82) is 0 Å². The van der Waals surface area contributed by atoms with E-state index in [9.17, 15) is 4.79 Å². The number of ether oxygens (including phenoxy) is 1. The summed E-state index contributed by atoms with van der Waals surface area (Å²) in [5.41, 5.74) is -0.523. The molecule has 1 aliphatic carbocycles. The number of fused-ring (bicyclic) bond motifs is 1. The van der Waals surface area contributed by atoms with Crippen molar-refractivity contribution < 1.29 is 19.1 Å². The molecule has 1 aromatic heterocycles. The van der Waals surface area contributed by atoms with Gasteiger partial charge < -0.3 is 14.3 Å². The fourth-order valence-corrected chi connectivity index (χ4v) is 1.84. The molecular formula is C9H10O4. The standard InChI is InChI=1S/C9H10O4/c1-12-9(8(10)11)4-2-7-6(9)3-5-13-7/h3,5H,2,4H2,1H3,(H,10,11). The zero-order valence-corrected chi connectivity index (χ0v) is 7.24. The second kappa shape index (κ2) is 2.60. The number of aryl methyl sites for hydroxylation is 1. The Morgan fingerprint density at radius 1 is 1.77 bits per heavy atom. The predicted molar refractivity (Wildman–Crippen MR) is 43.4 cm³/mol. The number of rotatable bonds is 2. The van der Waals surface area contributed by atoms with Gasteiger partial charge in [0.1, 0.15) is 5.76 Å². The molecule has 0 aromatic carbocycles. The Kier molecular flexibility index (Phi) is 1.66. The van der Waals surface area contributed by atoms with Crippen LogP contribution in [0.5, 0.6) is 0 Å². The third-order valence-electron chi connectivity index (χ3n) is 2.58. The van der Waals surface area contributed by atoms with E-state index in [2.05, 4.69) is 0 Å². The van der Waals surface area contributed by atoms with Gasteiger partial charge in [-0.1, -0.05) is 0 Å². The minimum absolute atomic E-state index is 0.452. The third-order valence-corrected chi connectivity index (χ3v) is 2.58. The Morgan fingerprint density at radius 3 is 3.15 bits per heavy atom. The Morgan fingerprint density at radius 2 is 2.54 bits per heavy atom. The number of methoxy groups -OCH3 is 1. The highest BCUT2D eigenvalue weighted by molar-refractivity contribution is 5.80. The van der Waals surface area contributed by atoms with Crippen molar-refractivity contribution >= 4 is 5.97 Å².